The molecule has 0 unspecified atom stereocenters. The fraction of sp³-hybridized carbons (Fsp3) is 0.636. The smallest absolute Gasteiger partial charge is 0.223 e. The molecule has 0 aromatic carbocycles. The number of amides is 1. The molecule has 1 aliphatic rings. The molecule has 15 heavy (non-hydrogen) atoms. The summed E-state index contributed by atoms with van der Waals surface area (Å²) in [6.07, 6.45) is 5.33. The Morgan fingerprint density at radius 2 is 1.80 bits per heavy atom. The maximum Gasteiger partial charge on any atom is 0.223 e. The lowest BCUT2D eigenvalue weighted by Crippen LogP contribution is -2.47. The van der Waals surface area contributed by atoms with Crippen LogP contribution >= 0.6 is 0 Å². The van der Waals surface area contributed by atoms with Crippen molar-refractivity contribution < 1.29 is 9.59 Å². The number of likely N-dealkylation sites (N-methyl/N-ethyl adjacent to an activating group) is 1. The summed E-state index contributed by atoms with van der Waals surface area (Å²) in [6.45, 7) is 3.29. The Labute approximate surface area is 90.2 Å². The van der Waals surface area contributed by atoms with Gasteiger partial charge in [0.1, 0.15) is 0 Å². The first-order valence-electron chi connectivity index (χ1n) is 5.09. The third-order valence-corrected chi connectivity index (χ3v) is 2.58. The summed E-state index contributed by atoms with van der Waals surface area (Å²) in [6, 6.07) is 0. The van der Waals surface area contributed by atoms with Crippen molar-refractivity contribution in [1.82, 2.24) is 9.80 Å². The van der Waals surface area contributed by atoms with E-state index in [1.807, 2.05) is 13.0 Å². The lowest BCUT2D eigenvalue weighted by molar-refractivity contribution is -0.134. The van der Waals surface area contributed by atoms with Crippen LogP contribution in [-0.4, -0.2) is 54.7 Å². The van der Waals surface area contributed by atoms with Gasteiger partial charge in [-0.3, -0.25) is 9.59 Å². The predicted molar refractivity (Wildman–Crippen MR) is 57.2 cm³/mol. The highest BCUT2D eigenvalue weighted by Gasteiger charge is 2.18. The van der Waals surface area contributed by atoms with E-state index in [1.165, 1.54) is 0 Å². The number of terminal acetylenes is 1. The van der Waals surface area contributed by atoms with Gasteiger partial charge in [0.05, 0.1) is 0 Å². The monoisotopic (exact) mass is 208 g/mol. The van der Waals surface area contributed by atoms with Gasteiger partial charge in [-0.05, 0) is 13.0 Å². The van der Waals surface area contributed by atoms with Gasteiger partial charge in [0.25, 0.3) is 0 Å². The van der Waals surface area contributed by atoms with Crippen LogP contribution in [0, 0.1) is 12.3 Å². The van der Waals surface area contributed by atoms with Crippen LogP contribution in [0.1, 0.15) is 12.8 Å². The van der Waals surface area contributed by atoms with Gasteiger partial charge >= 0.3 is 0 Å². The van der Waals surface area contributed by atoms with E-state index in [0.29, 0.717) is 0 Å². The molecule has 1 aliphatic heterocycles. The van der Waals surface area contributed by atoms with Crippen LogP contribution in [0.2, 0.25) is 0 Å². The largest absolute Gasteiger partial charge is 0.340 e. The van der Waals surface area contributed by atoms with Gasteiger partial charge in [-0.2, -0.15) is 0 Å². The van der Waals surface area contributed by atoms with Crippen LogP contribution in [0.15, 0.2) is 0 Å². The van der Waals surface area contributed by atoms with Crippen molar-refractivity contribution in [1.29, 1.82) is 0 Å². The van der Waals surface area contributed by atoms with E-state index in [2.05, 4.69) is 4.90 Å². The maximum atomic E-state index is 11.6. The highest BCUT2D eigenvalue weighted by atomic mass is 16.2. The Bertz CT molecular complexity index is 285. The number of piperazine rings is 1. The summed E-state index contributed by atoms with van der Waals surface area (Å²) in [5.74, 6) is 1.75. The molecular weight excluding hydrogens is 192 g/mol. The molecule has 0 N–H and O–H groups in total. The third kappa shape index (κ3) is 3.72. The van der Waals surface area contributed by atoms with Crippen LogP contribution < -0.4 is 0 Å². The molecule has 1 fully saturated rings. The summed E-state index contributed by atoms with van der Waals surface area (Å²) in [7, 11) is 2.03. The standard InChI is InChI=1S/C11H16N2O2/c1-3-10(14)4-5-11(15)13-8-6-12(2)7-9-13/h1H,4-9H2,2H3. The van der Waals surface area contributed by atoms with E-state index < -0.39 is 0 Å². The number of carbonyl (C=O) groups excluding carboxylic acids is 2. The van der Waals surface area contributed by atoms with Crippen molar-refractivity contribution >= 4 is 11.7 Å². The molecule has 0 aromatic heterocycles. The van der Waals surface area contributed by atoms with Gasteiger partial charge in [-0.1, -0.05) is 0 Å². The molecule has 0 spiro atoms. The van der Waals surface area contributed by atoms with Gasteiger partial charge in [0.2, 0.25) is 11.7 Å². The minimum Gasteiger partial charge on any atom is -0.340 e. The molecular formula is C11H16N2O2. The number of ketones is 1. The van der Waals surface area contributed by atoms with Crippen molar-refractivity contribution in [2.75, 3.05) is 33.2 Å². The zero-order chi connectivity index (χ0) is 11.3. The van der Waals surface area contributed by atoms with Crippen LogP contribution in [0.3, 0.4) is 0 Å². The first-order chi connectivity index (χ1) is 7.13. The number of carbonyl (C=O) groups is 2. The highest BCUT2D eigenvalue weighted by molar-refractivity contribution is 5.96. The van der Waals surface area contributed by atoms with Gasteiger partial charge in [0, 0.05) is 39.0 Å². The molecule has 0 bridgehead atoms. The van der Waals surface area contributed by atoms with Gasteiger partial charge in [-0.15, -0.1) is 6.42 Å². The number of hydrogen-bond acceptors (Lipinski definition) is 3. The van der Waals surface area contributed by atoms with Crippen molar-refractivity contribution in [3.63, 3.8) is 0 Å². The minimum atomic E-state index is -0.294. The Hall–Kier alpha value is -1.34. The van der Waals surface area contributed by atoms with Crippen molar-refractivity contribution in [3.05, 3.63) is 0 Å². The average Bonchev–Trinajstić information content (AvgIpc) is 2.26. The molecule has 4 heteroatoms. The average molecular weight is 208 g/mol. The number of hydrogen-bond donors (Lipinski definition) is 0. The second-order valence-corrected chi connectivity index (χ2v) is 3.75. The molecule has 0 aliphatic carbocycles. The third-order valence-electron chi connectivity index (χ3n) is 2.58. The van der Waals surface area contributed by atoms with E-state index in [-0.39, 0.29) is 24.5 Å². The van der Waals surface area contributed by atoms with E-state index in [1.54, 1.807) is 4.90 Å². The molecule has 1 saturated heterocycles. The molecule has 0 atom stereocenters. The van der Waals surface area contributed by atoms with Gasteiger partial charge in [-0.25, -0.2) is 0 Å². The minimum absolute atomic E-state index is 0.0340. The first-order valence-corrected chi connectivity index (χ1v) is 5.09. The molecule has 1 rings (SSSR count). The van der Waals surface area contributed by atoms with Crippen molar-refractivity contribution in [2.24, 2.45) is 0 Å². The van der Waals surface area contributed by atoms with E-state index in [0.717, 1.165) is 26.2 Å². The van der Waals surface area contributed by atoms with E-state index >= 15 is 0 Å². The normalized spacial score (nSPS) is 17.2. The number of Topliss-reactive ketones (excluding diaryl/α,β-unsaturated/α-hetero) is 1. The molecule has 0 saturated carbocycles. The molecule has 1 amide bonds. The molecule has 4 nitrogen and oxygen atoms in total. The lowest BCUT2D eigenvalue weighted by atomic mass is 10.2. The number of nitrogens with zero attached hydrogens (tertiary/aromatic N) is 2. The molecule has 82 valence electrons. The maximum absolute atomic E-state index is 11.6. The lowest BCUT2D eigenvalue weighted by Gasteiger charge is -2.32. The summed E-state index contributed by atoms with van der Waals surface area (Å²) in [5.41, 5.74) is 0. The van der Waals surface area contributed by atoms with Gasteiger partial charge in [0.15, 0.2) is 0 Å². The second kappa shape index (κ2) is 5.52. The SMILES string of the molecule is C#CC(=O)CCC(=O)N1CCN(C)CC1. The Morgan fingerprint density at radius 3 is 2.33 bits per heavy atom. The zero-order valence-corrected chi connectivity index (χ0v) is 9.03. The van der Waals surface area contributed by atoms with Crippen LogP contribution in [0.4, 0.5) is 0 Å². The summed E-state index contributed by atoms with van der Waals surface area (Å²) in [5, 5.41) is 0. The van der Waals surface area contributed by atoms with Crippen LogP contribution in [0.5, 0.6) is 0 Å². The zero-order valence-electron chi connectivity index (χ0n) is 9.03. The van der Waals surface area contributed by atoms with Gasteiger partial charge < -0.3 is 9.80 Å². The molecule has 0 aromatic rings. The fourth-order valence-electron chi connectivity index (χ4n) is 1.51. The Kier molecular flexibility index (Phi) is 4.32. The van der Waals surface area contributed by atoms with Crippen molar-refractivity contribution in [2.45, 2.75) is 12.8 Å². The number of rotatable bonds is 3. The van der Waals surface area contributed by atoms with E-state index in [4.69, 9.17) is 6.42 Å². The van der Waals surface area contributed by atoms with E-state index in [9.17, 15) is 9.59 Å². The summed E-state index contributed by atoms with van der Waals surface area (Å²) < 4.78 is 0. The summed E-state index contributed by atoms with van der Waals surface area (Å²) in [4.78, 5) is 26.4. The molecule has 0 radical (unpaired) electrons. The fourth-order valence-corrected chi connectivity index (χ4v) is 1.51. The Morgan fingerprint density at radius 1 is 1.20 bits per heavy atom. The topological polar surface area (TPSA) is 40.6 Å². The Balaban J connectivity index is 2.29. The summed E-state index contributed by atoms with van der Waals surface area (Å²) >= 11 is 0. The first kappa shape index (κ1) is 11.7. The second-order valence-electron chi connectivity index (χ2n) is 3.75. The van der Waals surface area contributed by atoms with Crippen LogP contribution in [0.25, 0.3) is 0 Å². The molecule has 1 heterocycles. The predicted octanol–water partition coefficient (Wildman–Crippen LogP) is -0.257. The van der Waals surface area contributed by atoms with Crippen molar-refractivity contribution in [3.8, 4) is 12.3 Å². The highest BCUT2D eigenvalue weighted by Crippen LogP contribution is 2.03. The quantitative estimate of drug-likeness (QED) is 0.474. The van der Waals surface area contributed by atoms with Crippen LogP contribution in [-0.2, 0) is 9.59 Å².